The van der Waals surface area contributed by atoms with Gasteiger partial charge in [0.25, 0.3) is 5.91 Å². The van der Waals surface area contributed by atoms with Crippen molar-refractivity contribution in [3.8, 4) is 5.75 Å². The molecule has 1 N–H and O–H groups in total. The zero-order valence-corrected chi connectivity index (χ0v) is 15.6. The van der Waals surface area contributed by atoms with Crippen LogP contribution in [0.25, 0.3) is 0 Å². The van der Waals surface area contributed by atoms with Crippen molar-refractivity contribution in [2.75, 3.05) is 0 Å². The van der Waals surface area contributed by atoms with Crippen LogP contribution in [0.3, 0.4) is 0 Å². The minimum Gasteiger partial charge on any atom is -0.481 e. The van der Waals surface area contributed by atoms with Gasteiger partial charge in [-0.15, -0.1) is 0 Å². The van der Waals surface area contributed by atoms with Crippen LogP contribution in [0.2, 0.25) is 5.02 Å². The molecule has 2 rings (SSSR count). The normalized spacial score (nSPS) is 11.7. The molecule has 0 fully saturated rings. The summed E-state index contributed by atoms with van der Waals surface area (Å²) in [6.45, 7) is 3.45. The van der Waals surface area contributed by atoms with Gasteiger partial charge in [0, 0.05) is 21.6 Å². The maximum atomic E-state index is 12.2. The molecule has 0 aliphatic carbocycles. The number of Topliss-reactive ketones (excluding diaryl/α,β-unsaturated/α-hetero) is 1. The van der Waals surface area contributed by atoms with Crippen LogP contribution in [-0.2, 0) is 11.3 Å². The summed E-state index contributed by atoms with van der Waals surface area (Å²) in [4.78, 5) is 23.5. The van der Waals surface area contributed by atoms with Crippen molar-refractivity contribution >= 4 is 39.2 Å². The van der Waals surface area contributed by atoms with Crippen molar-refractivity contribution in [2.24, 2.45) is 0 Å². The number of nitrogens with one attached hydrogen (secondary N) is 1. The molecule has 0 aromatic heterocycles. The van der Waals surface area contributed by atoms with Crippen molar-refractivity contribution in [1.82, 2.24) is 5.32 Å². The monoisotopic (exact) mass is 409 g/mol. The Morgan fingerprint density at radius 2 is 2.00 bits per heavy atom. The molecule has 2 aromatic carbocycles. The van der Waals surface area contributed by atoms with Crippen molar-refractivity contribution in [2.45, 2.75) is 26.5 Å². The van der Waals surface area contributed by atoms with Gasteiger partial charge in [-0.2, -0.15) is 0 Å². The minimum atomic E-state index is -0.693. The van der Waals surface area contributed by atoms with E-state index in [1.165, 1.54) is 6.92 Å². The molecular formula is C18H17BrClNO3. The van der Waals surface area contributed by atoms with E-state index >= 15 is 0 Å². The predicted molar refractivity (Wildman–Crippen MR) is 97.5 cm³/mol. The number of benzene rings is 2. The number of ether oxygens (including phenoxy) is 1. The number of hydrogen-bond acceptors (Lipinski definition) is 3. The number of carbonyl (C=O) groups excluding carboxylic acids is 2. The lowest BCUT2D eigenvalue weighted by Gasteiger charge is -2.15. The largest absolute Gasteiger partial charge is 0.481 e. The third kappa shape index (κ3) is 5.08. The summed E-state index contributed by atoms with van der Waals surface area (Å²) in [5.41, 5.74) is 1.36. The van der Waals surface area contributed by atoms with Crippen LogP contribution >= 0.6 is 27.5 Å². The third-order valence-electron chi connectivity index (χ3n) is 3.39. The lowest BCUT2D eigenvalue weighted by Crippen LogP contribution is -2.36. The van der Waals surface area contributed by atoms with Gasteiger partial charge in [0.05, 0.1) is 0 Å². The first-order valence-electron chi connectivity index (χ1n) is 7.36. The predicted octanol–water partition coefficient (Wildman–Crippen LogP) is 4.39. The zero-order valence-electron chi connectivity index (χ0n) is 13.3. The Bertz CT molecular complexity index is 764. The molecule has 4 nitrogen and oxygen atoms in total. The molecule has 1 atom stereocenters. The van der Waals surface area contributed by atoms with Crippen molar-refractivity contribution < 1.29 is 14.3 Å². The fraction of sp³-hybridized carbons (Fsp3) is 0.222. The molecule has 24 heavy (non-hydrogen) atoms. The molecule has 1 unspecified atom stereocenters. The molecule has 1 amide bonds. The lowest BCUT2D eigenvalue weighted by molar-refractivity contribution is -0.127. The van der Waals surface area contributed by atoms with Gasteiger partial charge < -0.3 is 10.1 Å². The molecule has 0 aliphatic rings. The SMILES string of the molecule is CC(=O)c1cccc(OC(C)C(=O)NCc2ccc(Br)cc2Cl)c1. The maximum Gasteiger partial charge on any atom is 0.261 e. The first-order chi connectivity index (χ1) is 11.4. The van der Waals surface area contributed by atoms with Crippen LogP contribution in [0.15, 0.2) is 46.9 Å². The Hall–Kier alpha value is -1.85. The molecule has 0 spiro atoms. The molecular weight excluding hydrogens is 394 g/mol. The minimum absolute atomic E-state index is 0.0533. The van der Waals surface area contributed by atoms with E-state index < -0.39 is 6.10 Å². The van der Waals surface area contributed by atoms with Crippen molar-refractivity contribution in [3.63, 3.8) is 0 Å². The number of ketones is 1. The van der Waals surface area contributed by atoms with Crippen LogP contribution in [0.4, 0.5) is 0 Å². The standard InChI is InChI=1S/C18H17BrClNO3/c1-11(22)13-4-3-5-16(8-13)24-12(2)18(23)21-10-14-6-7-15(19)9-17(14)20/h3-9,12H,10H2,1-2H3,(H,21,23). The Morgan fingerprint density at radius 1 is 1.25 bits per heavy atom. The fourth-order valence-corrected chi connectivity index (χ4v) is 2.78. The topological polar surface area (TPSA) is 55.4 Å². The van der Waals surface area contributed by atoms with E-state index in [-0.39, 0.29) is 11.7 Å². The van der Waals surface area contributed by atoms with Crippen molar-refractivity contribution in [3.05, 3.63) is 63.1 Å². The number of amides is 1. The smallest absolute Gasteiger partial charge is 0.261 e. The molecule has 2 aromatic rings. The summed E-state index contributed by atoms with van der Waals surface area (Å²) >= 11 is 9.46. The average molecular weight is 411 g/mol. The molecule has 0 aliphatic heterocycles. The number of hydrogen-bond donors (Lipinski definition) is 1. The highest BCUT2D eigenvalue weighted by molar-refractivity contribution is 9.10. The summed E-state index contributed by atoms with van der Waals surface area (Å²) in [7, 11) is 0. The number of rotatable bonds is 6. The first kappa shape index (κ1) is 18.5. The van der Waals surface area contributed by atoms with Crippen LogP contribution in [0.5, 0.6) is 5.75 Å². The Labute approximate surface area is 154 Å². The molecule has 0 saturated heterocycles. The molecule has 0 saturated carbocycles. The highest BCUT2D eigenvalue weighted by Gasteiger charge is 2.15. The van der Waals surface area contributed by atoms with Gasteiger partial charge in [0.2, 0.25) is 0 Å². The summed E-state index contributed by atoms with van der Waals surface area (Å²) < 4.78 is 6.48. The third-order valence-corrected chi connectivity index (χ3v) is 4.24. The highest BCUT2D eigenvalue weighted by Crippen LogP contribution is 2.21. The van der Waals surface area contributed by atoms with Crippen LogP contribution in [0, 0.1) is 0 Å². The summed E-state index contributed by atoms with van der Waals surface area (Å²) in [5.74, 6) is 0.164. The van der Waals surface area contributed by atoms with Gasteiger partial charge >= 0.3 is 0 Å². The van der Waals surface area contributed by atoms with Crippen LogP contribution in [0.1, 0.15) is 29.8 Å². The summed E-state index contributed by atoms with van der Waals surface area (Å²) in [6, 6.07) is 12.2. The van der Waals surface area contributed by atoms with Gasteiger partial charge in [-0.3, -0.25) is 9.59 Å². The molecule has 0 radical (unpaired) electrons. The van der Waals surface area contributed by atoms with Gasteiger partial charge in [0.1, 0.15) is 5.75 Å². The zero-order chi connectivity index (χ0) is 17.7. The number of carbonyl (C=O) groups is 2. The quantitative estimate of drug-likeness (QED) is 0.719. The van der Waals surface area contributed by atoms with Crippen LogP contribution < -0.4 is 10.1 Å². The Balaban J connectivity index is 1.94. The first-order valence-corrected chi connectivity index (χ1v) is 8.53. The van der Waals surface area contributed by atoms with E-state index in [1.54, 1.807) is 37.3 Å². The Kier molecular flexibility index (Phi) is 6.40. The van der Waals surface area contributed by atoms with E-state index in [1.807, 2.05) is 12.1 Å². The second kappa shape index (κ2) is 8.31. The lowest BCUT2D eigenvalue weighted by atomic mass is 10.1. The summed E-state index contributed by atoms with van der Waals surface area (Å²) in [6.07, 6.45) is -0.693. The van der Waals surface area contributed by atoms with Gasteiger partial charge in [0.15, 0.2) is 11.9 Å². The van der Waals surface area contributed by atoms with E-state index in [0.717, 1.165) is 10.0 Å². The molecule has 0 heterocycles. The fourth-order valence-electron chi connectivity index (χ4n) is 2.04. The van der Waals surface area contributed by atoms with Gasteiger partial charge in [-0.05, 0) is 43.7 Å². The molecule has 0 bridgehead atoms. The second-order valence-corrected chi connectivity index (χ2v) is 6.62. The number of halogens is 2. The van der Waals surface area contributed by atoms with Gasteiger partial charge in [-0.1, -0.05) is 45.7 Å². The average Bonchev–Trinajstić information content (AvgIpc) is 2.54. The maximum absolute atomic E-state index is 12.2. The summed E-state index contributed by atoms with van der Waals surface area (Å²) in [5, 5.41) is 3.36. The van der Waals surface area contributed by atoms with Gasteiger partial charge in [-0.25, -0.2) is 0 Å². The van der Waals surface area contributed by atoms with E-state index in [4.69, 9.17) is 16.3 Å². The van der Waals surface area contributed by atoms with E-state index in [2.05, 4.69) is 21.2 Å². The molecule has 6 heteroatoms. The van der Waals surface area contributed by atoms with E-state index in [0.29, 0.717) is 22.9 Å². The van der Waals surface area contributed by atoms with Crippen LogP contribution in [-0.4, -0.2) is 17.8 Å². The second-order valence-electron chi connectivity index (χ2n) is 5.30. The van der Waals surface area contributed by atoms with E-state index in [9.17, 15) is 9.59 Å². The van der Waals surface area contributed by atoms with Crippen molar-refractivity contribution in [1.29, 1.82) is 0 Å². The highest BCUT2D eigenvalue weighted by atomic mass is 79.9. The Morgan fingerprint density at radius 3 is 2.67 bits per heavy atom. The molecule has 126 valence electrons.